The fourth-order valence-electron chi connectivity index (χ4n) is 3.49. The van der Waals surface area contributed by atoms with Crippen molar-refractivity contribution in [3.8, 4) is 0 Å². The Labute approximate surface area is 148 Å². The van der Waals surface area contributed by atoms with Crippen LogP contribution in [0.2, 0.25) is 0 Å². The second-order valence-electron chi connectivity index (χ2n) is 6.28. The van der Waals surface area contributed by atoms with Gasteiger partial charge in [-0.15, -0.1) is 0 Å². The van der Waals surface area contributed by atoms with Gasteiger partial charge in [0.2, 0.25) is 0 Å². The monoisotopic (exact) mass is 333 g/mol. The van der Waals surface area contributed by atoms with Crippen LogP contribution in [0.15, 0.2) is 59.9 Å². The van der Waals surface area contributed by atoms with E-state index in [1.54, 1.807) is 0 Å². The van der Waals surface area contributed by atoms with Gasteiger partial charge < -0.3 is 14.8 Å². The van der Waals surface area contributed by atoms with Gasteiger partial charge in [0.1, 0.15) is 0 Å². The van der Waals surface area contributed by atoms with Crippen molar-refractivity contribution in [2.45, 2.75) is 19.4 Å². The number of aromatic nitrogens is 2. The zero-order valence-electron chi connectivity index (χ0n) is 14.5. The molecule has 4 rings (SSSR count). The van der Waals surface area contributed by atoms with Gasteiger partial charge in [0.25, 0.3) is 0 Å². The Hall–Kier alpha value is -2.82. The number of para-hydroxylation sites is 3. The molecule has 2 aromatic carbocycles. The van der Waals surface area contributed by atoms with E-state index < -0.39 is 0 Å². The summed E-state index contributed by atoms with van der Waals surface area (Å²) in [5.74, 6) is 0.959. The molecule has 0 atom stereocenters. The molecular formula is C20H23N5. The van der Waals surface area contributed by atoms with E-state index >= 15 is 0 Å². The first kappa shape index (κ1) is 15.7. The average molecular weight is 333 g/mol. The molecule has 0 spiro atoms. The molecule has 1 aliphatic heterocycles. The maximum Gasteiger partial charge on any atom is 0.198 e. The molecule has 0 unspecified atom stereocenters. The number of nitrogens with zero attached hydrogens (tertiary/aromatic N) is 4. The van der Waals surface area contributed by atoms with E-state index in [2.05, 4.69) is 67.2 Å². The van der Waals surface area contributed by atoms with Crippen LogP contribution in [0, 0.1) is 0 Å². The lowest BCUT2D eigenvalue weighted by molar-refractivity contribution is 0.641. The SMILES string of the molecule is CN=C(NCCCn1cnc2ccccc21)N1CCc2ccccc21. The third-order valence-corrected chi connectivity index (χ3v) is 4.74. The standard InChI is InChI=1S/C20H23N5/c1-21-20(25-14-11-16-7-2-4-9-18(16)25)22-12-6-13-24-15-23-17-8-3-5-10-19(17)24/h2-5,7-10,15H,6,11-14H2,1H3,(H,21,22). The summed E-state index contributed by atoms with van der Waals surface area (Å²) < 4.78 is 2.21. The zero-order chi connectivity index (χ0) is 17.1. The molecule has 2 heterocycles. The van der Waals surface area contributed by atoms with Crippen molar-refractivity contribution in [3.05, 3.63) is 60.4 Å². The Morgan fingerprint density at radius 2 is 2.00 bits per heavy atom. The largest absolute Gasteiger partial charge is 0.356 e. The van der Waals surface area contributed by atoms with Crippen LogP contribution in [0.4, 0.5) is 5.69 Å². The Morgan fingerprint density at radius 3 is 2.92 bits per heavy atom. The molecule has 1 N–H and O–H groups in total. The maximum atomic E-state index is 4.47. The number of guanidine groups is 1. The van der Waals surface area contributed by atoms with Crippen molar-refractivity contribution >= 4 is 22.7 Å². The molecule has 128 valence electrons. The highest BCUT2D eigenvalue weighted by molar-refractivity contribution is 5.97. The Balaban J connectivity index is 1.35. The van der Waals surface area contributed by atoms with Crippen molar-refractivity contribution in [3.63, 3.8) is 0 Å². The lowest BCUT2D eigenvalue weighted by Gasteiger charge is -2.22. The number of anilines is 1. The van der Waals surface area contributed by atoms with E-state index in [9.17, 15) is 0 Å². The molecule has 1 aromatic heterocycles. The molecular weight excluding hydrogens is 310 g/mol. The predicted molar refractivity (Wildman–Crippen MR) is 103 cm³/mol. The van der Waals surface area contributed by atoms with Gasteiger partial charge in [-0.25, -0.2) is 4.98 Å². The molecule has 3 aromatic rings. The molecule has 25 heavy (non-hydrogen) atoms. The van der Waals surface area contributed by atoms with Gasteiger partial charge in [-0.3, -0.25) is 4.99 Å². The molecule has 1 aliphatic rings. The summed E-state index contributed by atoms with van der Waals surface area (Å²) in [6.07, 6.45) is 4.03. The highest BCUT2D eigenvalue weighted by atomic mass is 15.3. The first-order valence-electron chi connectivity index (χ1n) is 8.83. The van der Waals surface area contributed by atoms with Crippen LogP contribution in [0.3, 0.4) is 0 Å². The van der Waals surface area contributed by atoms with Gasteiger partial charge in [0.05, 0.1) is 17.4 Å². The van der Waals surface area contributed by atoms with Gasteiger partial charge in [-0.1, -0.05) is 30.3 Å². The van der Waals surface area contributed by atoms with Gasteiger partial charge in [0.15, 0.2) is 5.96 Å². The Bertz CT molecular complexity index is 896. The van der Waals surface area contributed by atoms with Crippen molar-refractivity contribution in [1.82, 2.24) is 14.9 Å². The summed E-state index contributed by atoms with van der Waals surface area (Å²) in [5, 5.41) is 3.50. The molecule has 5 heteroatoms. The number of fused-ring (bicyclic) bond motifs is 2. The molecule has 0 amide bonds. The molecule has 0 aliphatic carbocycles. The number of benzene rings is 2. The van der Waals surface area contributed by atoms with Crippen LogP contribution >= 0.6 is 0 Å². The van der Waals surface area contributed by atoms with Crippen LogP contribution in [-0.4, -0.2) is 35.6 Å². The van der Waals surface area contributed by atoms with E-state index in [-0.39, 0.29) is 0 Å². The molecule has 0 fully saturated rings. The molecule has 0 saturated carbocycles. The van der Waals surface area contributed by atoms with Crippen LogP contribution in [-0.2, 0) is 13.0 Å². The van der Waals surface area contributed by atoms with Crippen molar-refractivity contribution in [2.75, 3.05) is 25.0 Å². The number of hydrogen-bond acceptors (Lipinski definition) is 2. The minimum atomic E-state index is 0.887. The topological polar surface area (TPSA) is 45.5 Å². The predicted octanol–water partition coefficient (Wildman–Crippen LogP) is 3.06. The summed E-state index contributed by atoms with van der Waals surface area (Å²) in [7, 11) is 1.85. The minimum Gasteiger partial charge on any atom is -0.356 e. The molecule has 0 bridgehead atoms. The fraction of sp³-hybridized carbons (Fsp3) is 0.300. The number of hydrogen-bond donors (Lipinski definition) is 1. The fourth-order valence-corrected chi connectivity index (χ4v) is 3.49. The van der Waals surface area contributed by atoms with Crippen molar-refractivity contribution in [2.24, 2.45) is 4.99 Å². The molecule has 0 radical (unpaired) electrons. The number of aliphatic imine (C=N–C) groups is 1. The van der Waals surface area contributed by atoms with Crippen LogP contribution < -0.4 is 10.2 Å². The zero-order valence-corrected chi connectivity index (χ0v) is 14.5. The normalized spacial score (nSPS) is 14.1. The van der Waals surface area contributed by atoms with E-state index in [1.807, 2.05) is 19.4 Å². The number of aryl methyl sites for hydroxylation is 1. The third-order valence-electron chi connectivity index (χ3n) is 4.74. The van der Waals surface area contributed by atoms with Gasteiger partial charge in [0, 0.05) is 32.4 Å². The van der Waals surface area contributed by atoms with E-state index in [0.717, 1.165) is 44.0 Å². The molecule has 5 nitrogen and oxygen atoms in total. The van der Waals surface area contributed by atoms with Gasteiger partial charge in [-0.2, -0.15) is 0 Å². The quantitative estimate of drug-likeness (QED) is 0.453. The summed E-state index contributed by atoms with van der Waals surface area (Å²) in [4.78, 5) is 11.2. The summed E-state index contributed by atoms with van der Waals surface area (Å²) in [5.41, 5.74) is 4.92. The van der Waals surface area contributed by atoms with E-state index in [1.165, 1.54) is 16.8 Å². The summed E-state index contributed by atoms with van der Waals surface area (Å²) >= 11 is 0. The first-order valence-corrected chi connectivity index (χ1v) is 8.83. The van der Waals surface area contributed by atoms with Crippen molar-refractivity contribution < 1.29 is 0 Å². The van der Waals surface area contributed by atoms with Crippen LogP contribution in [0.5, 0.6) is 0 Å². The lowest BCUT2D eigenvalue weighted by atomic mass is 10.2. The smallest absolute Gasteiger partial charge is 0.198 e. The van der Waals surface area contributed by atoms with E-state index in [0.29, 0.717) is 0 Å². The average Bonchev–Trinajstić information content (AvgIpc) is 3.26. The maximum absolute atomic E-state index is 4.47. The number of imidazole rings is 1. The highest BCUT2D eigenvalue weighted by Gasteiger charge is 2.21. The van der Waals surface area contributed by atoms with Crippen molar-refractivity contribution in [1.29, 1.82) is 0 Å². The Kier molecular flexibility index (Phi) is 4.37. The van der Waals surface area contributed by atoms with Gasteiger partial charge in [-0.05, 0) is 36.6 Å². The number of nitrogens with one attached hydrogen (secondary N) is 1. The number of rotatable bonds is 4. The Morgan fingerprint density at radius 1 is 1.16 bits per heavy atom. The summed E-state index contributed by atoms with van der Waals surface area (Å²) in [6, 6.07) is 16.8. The molecule has 0 saturated heterocycles. The first-order chi connectivity index (χ1) is 12.4. The van der Waals surface area contributed by atoms with E-state index in [4.69, 9.17) is 0 Å². The minimum absolute atomic E-state index is 0.887. The third kappa shape index (κ3) is 3.09. The summed E-state index contributed by atoms with van der Waals surface area (Å²) in [6.45, 7) is 2.82. The van der Waals surface area contributed by atoms with Gasteiger partial charge >= 0.3 is 0 Å². The second-order valence-corrected chi connectivity index (χ2v) is 6.28. The second kappa shape index (κ2) is 6.97. The lowest BCUT2D eigenvalue weighted by Crippen LogP contribution is -2.41. The van der Waals surface area contributed by atoms with Crippen LogP contribution in [0.25, 0.3) is 11.0 Å². The highest BCUT2D eigenvalue weighted by Crippen LogP contribution is 2.27. The van der Waals surface area contributed by atoms with Crippen LogP contribution in [0.1, 0.15) is 12.0 Å².